The van der Waals surface area contributed by atoms with E-state index in [0.29, 0.717) is 16.0 Å². The third-order valence-corrected chi connectivity index (χ3v) is 7.23. The molecule has 11 heteroatoms. The molecule has 2 aromatic carbocycles. The highest BCUT2D eigenvalue weighted by Gasteiger charge is 2.18. The Morgan fingerprint density at radius 2 is 1.88 bits per heavy atom. The second kappa shape index (κ2) is 10.0. The predicted octanol–water partition coefficient (Wildman–Crippen LogP) is 2.70. The maximum absolute atomic E-state index is 13.6. The molecule has 0 radical (unpaired) electrons. The lowest BCUT2D eigenvalue weighted by Gasteiger charge is -2.05. The SMILES string of the molecule is CCOC(=O)Cn1c(=NC(=O)CCS(=O)(=O)c2ccc(OC)cc2)sc2cc(F)ccc21. The second-order valence-electron chi connectivity index (χ2n) is 6.64. The first-order valence-corrected chi connectivity index (χ1v) is 12.1. The molecule has 3 rings (SSSR count). The van der Waals surface area contributed by atoms with Crippen LogP contribution < -0.4 is 9.54 Å². The standard InChI is InChI=1S/C21H21FN2O6S2/c1-3-30-20(26)13-24-17-9-4-14(22)12-18(17)31-21(24)23-19(25)10-11-32(27,28)16-7-5-15(29-2)6-8-16/h4-9,12H,3,10-11,13H2,1-2H3. The number of hydrogen-bond donors (Lipinski definition) is 0. The van der Waals surface area contributed by atoms with Crippen LogP contribution in [0.15, 0.2) is 52.4 Å². The number of benzene rings is 2. The minimum atomic E-state index is -3.70. The van der Waals surface area contributed by atoms with Gasteiger partial charge in [0.05, 0.1) is 34.6 Å². The molecule has 0 N–H and O–H groups in total. The van der Waals surface area contributed by atoms with Crippen molar-refractivity contribution in [2.75, 3.05) is 19.5 Å². The number of carbonyl (C=O) groups is 2. The molecule has 0 atom stereocenters. The average Bonchev–Trinajstić information content (AvgIpc) is 3.08. The zero-order valence-electron chi connectivity index (χ0n) is 17.4. The number of fused-ring (bicyclic) bond motifs is 1. The highest BCUT2D eigenvalue weighted by molar-refractivity contribution is 7.91. The smallest absolute Gasteiger partial charge is 0.326 e. The summed E-state index contributed by atoms with van der Waals surface area (Å²) in [4.78, 5) is 28.7. The molecule has 0 unspecified atom stereocenters. The number of aromatic nitrogens is 1. The Bertz CT molecular complexity index is 1310. The van der Waals surface area contributed by atoms with Crippen molar-refractivity contribution in [3.8, 4) is 5.75 Å². The highest BCUT2D eigenvalue weighted by atomic mass is 32.2. The molecule has 32 heavy (non-hydrogen) atoms. The summed E-state index contributed by atoms with van der Waals surface area (Å²) in [5.41, 5.74) is 0.516. The van der Waals surface area contributed by atoms with Gasteiger partial charge in [0.15, 0.2) is 14.6 Å². The molecule has 0 saturated carbocycles. The van der Waals surface area contributed by atoms with E-state index in [1.165, 1.54) is 54.1 Å². The van der Waals surface area contributed by atoms with Gasteiger partial charge in [-0.2, -0.15) is 4.99 Å². The number of thiazole rings is 1. The summed E-state index contributed by atoms with van der Waals surface area (Å²) >= 11 is 1.02. The van der Waals surface area contributed by atoms with Crippen LogP contribution >= 0.6 is 11.3 Å². The van der Waals surface area contributed by atoms with Gasteiger partial charge < -0.3 is 14.0 Å². The van der Waals surface area contributed by atoms with E-state index in [4.69, 9.17) is 9.47 Å². The van der Waals surface area contributed by atoms with Crippen molar-refractivity contribution in [1.82, 2.24) is 4.57 Å². The van der Waals surface area contributed by atoms with Gasteiger partial charge in [0, 0.05) is 6.42 Å². The number of halogens is 1. The van der Waals surface area contributed by atoms with Gasteiger partial charge in [-0.15, -0.1) is 0 Å². The Labute approximate surface area is 187 Å². The zero-order chi connectivity index (χ0) is 23.3. The van der Waals surface area contributed by atoms with E-state index in [2.05, 4.69) is 4.99 Å². The summed E-state index contributed by atoms with van der Waals surface area (Å²) in [5, 5.41) is 0. The van der Waals surface area contributed by atoms with Gasteiger partial charge in [-0.1, -0.05) is 11.3 Å². The summed E-state index contributed by atoms with van der Waals surface area (Å²) in [6, 6.07) is 9.86. The van der Waals surface area contributed by atoms with E-state index in [0.717, 1.165) is 11.3 Å². The summed E-state index contributed by atoms with van der Waals surface area (Å²) in [5.74, 6) is -1.59. The first kappa shape index (κ1) is 23.6. The van der Waals surface area contributed by atoms with E-state index < -0.39 is 33.3 Å². The molecule has 0 spiro atoms. The van der Waals surface area contributed by atoms with Gasteiger partial charge >= 0.3 is 5.97 Å². The van der Waals surface area contributed by atoms with E-state index >= 15 is 0 Å². The molecule has 3 aromatic rings. The number of esters is 1. The van der Waals surface area contributed by atoms with E-state index in [1.54, 1.807) is 6.92 Å². The lowest BCUT2D eigenvalue weighted by Crippen LogP contribution is -2.23. The molecule has 0 aliphatic heterocycles. The van der Waals surface area contributed by atoms with Crippen molar-refractivity contribution in [3.63, 3.8) is 0 Å². The zero-order valence-corrected chi connectivity index (χ0v) is 19.0. The second-order valence-corrected chi connectivity index (χ2v) is 9.76. The summed E-state index contributed by atoms with van der Waals surface area (Å²) in [7, 11) is -2.23. The van der Waals surface area contributed by atoms with Crippen LogP contribution in [-0.2, 0) is 30.7 Å². The maximum atomic E-state index is 13.6. The molecule has 1 aromatic heterocycles. The third kappa shape index (κ3) is 5.60. The van der Waals surface area contributed by atoms with Gasteiger partial charge in [0.2, 0.25) is 5.91 Å². The number of methoxy groups -OCH3 is 1. The lowest BCUT2D eigenvalue weighted by atomic mass is 10.3. The number of amides is 1. The fourth-order valence-corrected chi connectivity index (χ4v) is 5.21. The normalized spacial score (nSPS) is 12.2. The number of sulfone groups is 1. The van der Waals surface area contributed by atoms with Gasteiger partial charge in [0.1, 0.15) is 18.1 Å². The van der Waals surface area contributed by atoms with Gasteiger partial charge in [-0.05, 0) is 49.4 Å². The van der Waals surface area contributed by atoms with Crippen molar-refractivity contribution < 1.29 is 31.9 Å². The molecule has 0 aliphatic carbocycles. The van der Waals surface area contributed by atoms with Crippen molar-refractivity contribution in [3.05, 3.63) is 53.1 Å². The van der Waals surface area contributed by atoms with Crippen LogP contribution in [-0.4, -0.2) is 44.3 Å². The number of ether oxygens (including phenoxy) is 2. The Balaban J connectivity index is 1.85. The maximum Gasteiger partial charge on any atom is 0.326 e. The molecule has 8 nitrogen and oxygen atoms in total. The molecule has 0 saturated heterocycles. The summed E-state index contributed by atoms with van der Waals surface area (Å²) < 4.78 is 50.6. The van der Waals surface area contributed by atoms with Crippen LogP contribution in [0.2, 0.25) is 0 Å². The van der Waals surface area contributed by atoms with Crippen LogP contribution in [0.5, 0.6) is 5.75 Å². The fourth-order valence-electron chi connectivity index (χ4n) is 2.91. The quantitative estimate of drug-likeness (QED) is 0.459. The fraction of sp³-hybridized carbons (Fsp3) is 0.286. The predicted molar refractivity (Wildman–Crippen MR) is 117 cm³/mol. The third-order valence-electron chi connectivity index (χ3n) is 4.46. The highest BCUT2D eigenvalue weighted by Crippen LogP contribution is 2.20. The Hall–Kier alpha value is -3.05. The monoisotopic (exact) mass is 480 g/mol. The molecule has 170 valence electrons. The minimum absolute atomic E-state index is 0.0702. The topological polar surface area (TPSA) is 104 Å². The first-order chi connectivity index (χ1) is 15.2. The van der Waals surface area contributed by atoms with Crippen LogP contribution in [0.25, 0.3) is 10.2 Å². The summed E-state index contributed by atoms with van der Waals surface area (Å²) in [6.45, 7) is 1.64. The van der Waals surface area contributed by atoms with Crippen LogP contribution in [0.1, 0.15) is 13.3 Å². The van der Waals surface area contributed by atoms with Crippen LogP contribution in [0, 0.1) is 5.82 Å². The molecule has 0 fully saturated rings. The summed E-state index contributed by atoms with van der Waals surface area (Å²) in [6.07, 6.45) is -0.351. The van der Waals surface area contributed by atoms with Crippen molar-refractivity contribution >= 4 is 43.3 Å². The van der Waals surface area contributed by atoms with Crippen LogP contribution in [0.3, 0.4) is 0 Å². The number of rotatable bonds is 8. The van der Waals surface area contributed by atoms with Crippen molar-refractivity contribution in [1.29, 1.82) is 0 Å². The van der Waals surface area contributed by atoms with Gasteiger partial charge in [-0.25, -0.2) is 12.8 Å². The molecule has 1 heterocycles. The molecular weight excluding hydrogens is 459 g/mol. The number of hydrogen-bond acceptors (Lipinski definition) is 7. The van der Waals surface area contributed by atoms with Crippen LogP contribution in [0.4, 0.5) is 4.39 Å². The van der Waals surface area contributed by atoms with Crippen molar-refractivity contribution in [2.24, 2.45) is 4.99 Å². The minimum Gasteiger partial charge on any atom is -0.497 e. The van der Waals surface area contributed by atoms with Gasteiger partial charge in [-0.3, -0.25) is 9.59 Å². The van der Waals surface area contributed by atoms with Gasteiger partial charge in [0.25, 0.3) is 0 Å². The molecule has 1 amide bonds. The van der Waals surface area contributed by atoms with E-state index in [-0.39, 0.29) is 29.3 Å². The largest absolute Gasteiger partial charge is 0.497 e. The molecule has 0 aliphatic rings. The Morgan fingerprint density at radius 3 is 2.53 bits per heavy atom. The number of carbonyl (C=O) groups excluding carboxylic acids is 2. The first-order valence-electron chi connectivity index (χ1n) is 9.62. The number of nitrogens with zero attached hydrogens (tertiary/aromatic N) is 2. The molecular formula is C21H21FN2O6S2. The lowest BCUT2D eigenvalue weighted by molar-refractivity contribution is -0.143. The Morgan fingerprint density at radius 1 is 1.16 bits per heavy atom. The molecule has 0 bridgehead atoms. The van der Waals surface area contributed by atoms with E-state index in [1.807, 2.05) is 0 Å². The van der Waals surface area contributed by atoms with E-state index in [9.17, 15) is 22.4 Å². The van der Waals surface area contributed by atoms with Crippen molar-refractivity contribution in [2.45, 2.75) is 24.8 Å². The average molecular weight is 481 g/mol. The Kier molecular flexibility index (Phi) is 7.41.